The molecule has 2 rings (SSSR count). The van der Waals surface area contributed by atoms with Crippen LogP contribution in [0.1, 0.15) is 22.9 Å². The Labute approximate surface area is 64.1 Å². The molecule has 2 nitrogen and oxygen atoms in total. The number of hydrogen-bond donors (Lipinski definition) is 1. The normalized spacial score (nSPS) is 30.6. The van der Waals surface area contributed by atoms with Crippen LogP contribution >= 0.6 is 11.3 Å². The van der Waals surface area contributed by atoms with Crippen molar-refractivity contribution in [1.29, 1.82) is 0 Å². The van der Waals surface area contributed by atoms with E-state index in [1.807, 2.05) is 5.51 Å². The van der Waals surface area contributed by atoms with E-state index in [1.165, 1.54) is 10.6 Å². The predicted molar refractivity (Wildman–Crippen MR) is 42.2 cm³/mol. The second-order valence-corrected chi connectivity index (χ2v) is 3.69. The van der Waals surface area contributed by atoms with Gasteiger partial charge in [0.05, 0.1) is 11.2 Å². The first-order valence-electron chi connectivity index (χ1n) is 3.44. The zero-order valence-corrected chi connectivity index (χ0v) is 6.69. The van der Waals surface area contributed by atoms with Crippen LogP contribution in [0.5, 0.6) is 0 Å². The molecule has 0 saturated heterocycles. The summed E-state index contributed by atoms with van der Waals surface area (Å²) in [5.74, 6) is 0.632. The maximum atomic E-state index is 5.71. The fourth-order valence-corrected chi connectivity index (χ4v) is 2.18. The van der Waals surface area contributed by atoms with Crippen LogP contribution < -0.4 is 5.73 Å². The molecule has 1 fully saturated rings. The Kier molecular flexibility index (Phi) is 1.28. The van der Waals surface area contributed by atoms with Gasteiger partial charge in [-0.3, -0.25) is 0 Å². The molecule has 1 aromatic heterocycles. The van der Waals surface area contributed by atoms with E-state index in [9.17, 15) is 0 Å². The average molecular weight is 154 g/mol. The van der Waals surface area contributed by atoms with Gasteiger partial charge in [0.25, 0.3) is 0 Å². The van der Waals surface area contributed by atoms with Crippen LogP contribution in [-0.2, 0) is 0 Å². The molecule has 1 saturated carbocycles. The van der Waals surface area contributed by atoms with Crippen LogP contribution in [0.15, 0.2) is 5.51 Å². The molecule has 0 bridgehead atoms. The minimum atomic E-state index is 0.416. The van der Waals surface area contributed by atoms with Crippen molar-refractivity contribution in [2.45, 2.75) is 25.3 Å². The average Bonchev–Trinajstić information content (AvgIpc) is 2.42. The minimum absolute atomic E-state index is 0.416. The van der Waals surface area contributed by atoms with Crippen molar-refractivity contribution in [2.75, 3.05) is 0 Å². The molecule has 2 N–H and O–H groups in total. The monoisotopic (exact) mass is 154 g/mol. The predicted octanol–water partition coefficient (Wildman–Crippen LogP) is 1.27. The molecule has 10 heavy (non-hydrogen) atoms. The Morgan fingerprint density at radius 2 is 2.50 bits per heavy atom. The molecule has 1 heterocycles. The van der Waals surface area contributed by atoms with Gasteiger partial charge < -0.3 is 5.73 Å². The molecule has 3 heteroatoms. The minimum Gasteiger partial charge on any atom is -0.327 e. The van der Waals surface area contributed by atoms with E-state index >= 15 is 0 Å². The van der Waals surface area contributed by atoms with Crippen LogP contribution in [0.2, 0.25) is 0 Å². The molecule has 0 spiro atoms. The molecule has 1 aliphatic carbocycles. The first kappa shape index (κ1) is 6.31. The standard InChI is InChI=1S/C7H10N2S/c1-4-7(10-3-9-4)5-2-6(5)8/h3,5-6H,2,8H2,1H3. The smallest absolute Gasteiger partial charge is 0.0797 e. The van der Waals surface area contributed by atoms with E-state index in [0.717, 1.165) is 6.42 Å². The summed E-state index contributed by atoms with van der Waals surface area (Å²) in [6.45, 7) is 2.05. The van der Waals surface area contributed by atoms with E-state index in [-0.39, 0.29) is 0 Å². The van der Waals surface area contributed by atoms with Gasteiger partial charge in [0.15, 0.2) is 0 Å². The first-order valence-corrected chi connectivity index (χ1v) is 4.32. The summed E-state index contributed by atoms with van der Waals surface area (Å²) in [5.41, 5.74) is 8.77. The number of hydrogen-bond acceptors (Lipinski definition) is 3. The number of aryl methyl sites for hydroxylation is 1. The Balaban J connectivity index is 2.26. The van der Waals surface area contributed by atoms with Gasteiger partial charge in [0, 0.05) is 16.8 Å². The van der Waals surface area contributed by atoms with Crippen molar-refractivity contribution < 1.29 is 0 Å². The molecule has 0 amide bonds. The van der Waals surface area contributed by atoms with Gasteiger partial charge in [0.1, 0.15) is 0 Å². The van der Waals surface area contributed by atoms with Gasteiger partial charge in [-0.05, 0) is 13.3 Å². The lowest BCUT2D eigenvalue weighted by Gasteiger charge is -1.91. The summed E-state index contributed by atoms with van der Waals surface area (Å²) in [4.78, 5) is 5.57. The summed E-state index contributed by atoms with van der Waals surface area (Å²) in [7, 11) is 0. The lowest BCUT2D eigenvalue weighted by atomic mass is 10.3. The molecule has 0 radical (unpaired) electrons. The Morgan fingerprint density at radius 1 is 1.80 bits per heavy atom. The van der Waals surface area contributed by atoms with Gasteiger partial charge in [-0.25, -0.2) is 4.98 Å². The highest BCUT2D eigenvalue weighted by Crippen LogP contribution is 2.42. The second kappa shape index (κ2) is 2.04. The maximum Gasteiger partial charge on any atom is 0.0797 e. The van der Waals surface area contributed by atoms with Gasteiger partial charge in [0.2, 0.25) is 0 Å². The Bertz CT molecular complexity index is 244. The molecule has 2 atom stereocenters. The zero-order chi connectivity index (χ0) is 7.14. The Hall–Kier alpha value is -0.410. The Morgan fingerprint density at radius 3 is 2.90 bits per heavy atom. The summed E-state index contributed by atoms with van der Waals surface area (Å²) < 4.78 is 0. The SMILES string of the molecule is Cc1ncsc1C1CC1N. The summed E-state index contributed by atoms with van der Waals surface area (Å²) in [6.07, 6.45) is 1.16. The number of rotatable bonds is 1. The van der Waals surface area contributed by atoms with E-state index < -0.39 is 0 Å². The van der Waals surface area contributed by atoms with Crippen LogP contribution in [-0.4, -0.2) is 11.0 Å². The third-order valence-corrected chi connectivity index (χ3v) is 3.02. The van der Waals surface area contributed by atoms with E-state index in [2.05, 4.69) is 11.9 Å². The number of aromatic nitrogens is 1. The van der Waals surface area contributed by atoms with Crippen molar-refractivity contribution >= 4 is 11.3 Å². The maximum absolute atomic E-state index is 5.71. The zero-order valence-electron chi connectivity index (χ0n) is 5.87. The van der Waals surface area contributed by atoms with Gasteiger partial charge in [-0.15, -0.1) is 11.3 Å². The molecule has 0 aliphatic heterocycles. The van der Waals surface area contributed by atoms with Crippen molar-refractivity contribution in [3.63, 3.8) is 0 Å². The summed E-state index contributed by atoms with van der Waals surface area (Å²) in [5, 5.41) is 0. The fourth-order valence-electron chi connectivity index (χ4n) is 1.18. The molecule has 2 unspecified atom stereocenters. The highest BCUT2D eigenvalue weighted by atomic mass is 32.1. The molecule has 1 aliphatic rings. The van der Waals surface area contributed by atoms with Crippen molar-refractivity contribution in [3.05, 3.63) is 16.1 Å². The van der Waals surface area contributed by atoms with Crippen LogP contribution in [0.3, 0.4) is 0 Å². The number of nitrogens with two attached hydrogens (primary N) is 1. The van der Waals surface area contributed by atoms with E-state index in [1.54, 1.807) is 11.3 Å². The number of nitrogens with zero attached hydrogens (tertiary/aromatic N) is 1. The quantitative estimate of drug-likeness (QED) is 0.661. The molecule has 1 aromatic rings. The van der Waals surface area contributed by atoms with Crippen LogP contribution in [0, 0.1) is 6.92 Å². The van der Waals surface area contributed by atoms with Crippen molar-refractivity contribution in [1.82, 2.24) is 4.98 Å². The molecular weight excluding hydrogens is 144 g/mol. The van der Waals surface area contributed by atoms with Gasteiger partial charge >= 0.3 is 0 Å². The molecule has 0 aromatic carbocycles. The molecule has 54 valence electrons. The summed E-state index contributed by atoms with van der Waals surface area (Å²) in [6, 6.07) is 0.416. The van der Waals surface area contributed by atoms with Gasteiger partial charge in [-0.2, -0.15) is 0 Å². The van der Waals surface area contributed by atoms with Crippen molar-refractivity contribution in [3.8, 4) is 0 Å². The van der Waals surface area contributed by atoms with E-state index in [0.29, 0.717) is 12.0 Å². The third-order valence-electron chi connectivity index (χ3n) is 1.96. The third kappa shape index (κ3) is 0.859. The van der Waals surface area contributed by atoms with E-state index in [4.69, 9.17) is 5.73 Å². The number of thiazole rings is 1. The summed E-state index contributed by atoms with van der Waals surface area (Å²) >= 11 is 1.73. The second-order valence-electron chi connectivity index (χ2n) is 2.81. The lowest BCUT2D eigenvalue weighted by Crippen LogP contribution is -2.00. The van der Waals surface area contributed by atoms with Crippen LogP contribution in [0.25, 0.3) is 0 Å². The fraction of sp³-hybridized carbons (Fsp3) is 0.571. The molecular formula is C7H10N2S. The van der Waals surface area contributed by atoms with Gasteiger partial charge in [-0.1, -0.05) is 0 Å². The van der Waals surface area contributed by atoms with Crippen LogP contribution in [0.4, 0.5) is 0 Å². The first-order chi connectivity index (χ1) is 4.79. The van der Waals surface area contributed by atoms with Crippen molar-refractivity contribution in [2.24, 2.45) is 5.73 Å². The largest absolute Gasteiger partial charge is 0.327 e. The highest BCUT2D eigenvalue weighted by molar-refractivity contribution is 7.09. The highest BCUT2D eigenvalue weighted by Gasteiger charge is 2.36. The lowest BCUT2D eigenvalue weighted by molar-refractivity contribution is 0.990. The topological polar surface area (TPSA) is 38.9 Å².